The van der Waals surface area contributed by atoms with E-state index in [4.69, 9.17) is 9.97 Å². The van der Waals surface area contributed by atoms with Gasteiger partial charge in [-0.15, -0.1) is 16.4 Å². The molecule has 8 nitrogen and oxygen atoms in total. The Bertz CT molecular complexity index is 1410. The first-order valence-corrected chi connectivity index (χ1v) is 9.93. The number of fused-ring (bicyclic) bond motifs is 2. The van der Waals surface area contributed by atoms with E-state index in [0.717, 1.165) is 33.6 Å². The molecule has 0 atom stereocenters. The third-order valence-corrected chi connectivity index (χ3v) is 5.61. The van der Waals surface area contributed by atoms with Crippen LogP contribution in [0.1, 0.15) is 5.69 Å². The Morgan fingerprint density at radius 3 is 2.90 bits per heavy atom. The third kappa shape index (κ3) is 2.79. The summed E-state index contributed by atoms with van der Waals surface area (Å²) in [5.74, 6) is 1.76. The Morgan fingerprint density at radius 1 is 1.03 bits per heavy atom. The van der Waals surface area contributed by atoms with Gasteiger partial charge in [-0.05, 0) is 29.6 Å². The van der Waals surface area contributed by atoms with Crippen molar-refractivity contribution in [1.29, 1.82) is 0 Å². The molecule has 0 radical (unpaired) electrons. The average molecular weight is 398 g/mol. The van der Waals surface area contributed by atoms with Gasteiger partial charge in [-0.25, -0.2) is 14.6 Å². The monoisotopic (exact) mass is 398 g/mol. The minimum Gasteiger partial charge on any atom is -0.351 e. The van der Waals surface area contributed by atoms with Crippen LogP contribution in [0.15, 0.2) is 60.2 Å². The zero-order chi connectivity index (χ0) is 19.2. The van der Waals surface area contributed by atoms with Gasteiger partial charge < -0.3 is 4.98 Å². The number of thiophene rings is 1. The number of pyridine rings is 1. The summed E-state index contributed by atoms with van der Waals surface area (Å²) in [6, 6.07) is 16.3. The fraction of sp³-hybridized carbons (Fsp3) is 0.0500. The number of aromatic amines is 2. The first kappa shape index (κ1) is 16.1. The standard InChI is InChI=1S/C20H14N8S/c1-2-4-14-12(3-1)5-6-13(23-14)10-28-20(16-9-17-15(24-16)7-8-29-17)25-19(27-28)18-21-11-22-26-18/h1-9,11,24H,10H2,(H,21,22,26). The molecule has 0 spiro atoms. The highest BCUT2D eigenvalue weighted by molar-refractivity contribution is 7.17. The van der Waals surface area contributed by atoms with Crippen LogP contribution in [-0.4, -0.2) is 39.9 Å². The highest BCUT2D eigenvalue weighted by atomic mass is 32.1. The van der Waals surface area contributed by atoms with Crippen LogP contribution < -0.4 is 0 Å². The molecule has 5 heterocycles. The Kier molecular flexibility index (Phi) is 3.53. The molecule has 6 rings (SSSR count). The summed E-state index contributed by atoms with van der Waals surface area (Å²) in [6.45, 7) is 0.494. The van der Waals surface area contributed by atoms with Gasteiger partial charge in [0.25, 0.3) is 0 Å². The predicted octanol–water partition coefficient (Wildman–Crippen LogP) is 3.87. The van der Waals surface area contributed by atoms with Crippen LogP contribution in [0.5, 0.6) is 0 Å². The van der Waals surface area contributed by atoms with Crippen molar-refractivity contribution in [2.24, 2.45) is 0 Å². The molecular formula is C20H14N8S. The van der Waals surface area contributed by atoms with Crippen molar-refractivity contribution in [2.75, 3.05) is 0 Å². The average Bonchev–Trinajstić information content (AvgIpc) is 3.50. The summed E-state index contributed by atoms with van der Waals surface area (Å²) < 4.78 is 3.03. The van der Waals surface area contributed by atoms with Crippen LogP contribution in [0.4, 0.5) is 0 Å². The zero-order valence-corrected chi connectivity index (χ0v) is 15.9. The van der Waals surface area contributed by atoms with E-state index in [1.165, 1.54) is 11.0 Å². The lowest BCUT2D eigenvalue weighted by atomic mass is 10.2. The van der Waals surface area contributed by atoms with Gasteiger partial charge in [0.15, 0.2) is 11.6 Å². The van der Waals surface area contributed by atoms with E-state index in [9.17, 15) is 0 Å². The molecule has 0 saturated carbocycles. The van der Waals surface area contributed by atoms with Crippen LogP contribution in [0, 0.1) is 0 Å². The molecule has 29 heavy (non-hydrogen) atoms. The summed E-state index contributed by atoms with van der Waals surface area (Å²) in [5.41, 5.74) is 3.87. The summed E-state index contributed by atoms with van der Waals surface area (Å²) in [7, 11) is 0. The summed E-state index contributed by atoms with van der Waals surface area (Å²) in [5, 5.41) is 14.6. The molecule has 0 aliphatic rings. The van der Waals surface area contributed by atoms with Crippen LogP contribution in [0.3, 0.4) is 0 Å². The van der Waals surface area contributed by atoms with Crippen LogP contribution in [-0.2, 0) is 6.54 Å². The highest BCUT2D eigenvalue weighted by Crippen LogP contribution is 2.28. The molecule has 1 aromatic carbocycles. The van der Waals surface area contributed by atoms with Gasteiger partial charge in [-0.1, -0.05) is 24.3 Å². The second-order valence-corrected chi connectivity index (χ2v) is 7.58. The zero-order valence-electron chi connectivity index (χ0n) is 15.1. The summed E-state index contributed by atoms with van der Waals surface area (Å²) in [4.78, 5) is 17.1. The smallest absolute Gasteiger partial charge is 0.219 e. The van der Waals surface area contributed by atoms with Gasteiger partial charge in [-0.2, -0.15) is 5.10 Å². The predicted molar refractivity (Wildman–Crippen MR) is 111 cm³/mol. The van der Waals surface area contributed by atoms with E-state index < -0.39 is 0 Å². The van der Waals surface area contributed by atoms with Gasteiger partial charge in [-0.3, -0.25) is 10.1 Å². The Balaban J connectivity index is 1.46. The molecule has 5 aromatic heterocycles. The second-order valence-electron chi connectivity index (χ2n) is 6.63. The SMILES string of the molecule is c1ccc2nc(Cn3nc(-c4ncn[nH]4)nc3-c3cc4sccc4[nH]3)ccc2c1. The highest BCUT2D eigenvalue weighted by Gasteiger charge is 2.18. The molecule has 0 bridgehead atoms. The third-order valence-electron chi connectivity index (χ3n) is 4.75. The van der Waals surface area contributed by atoms with Gasteiger partial charge in [0.1, 0.15) is 6.33 Å². The van der Waals surface area contributed by atoms with E-state index in [1.54, 1.807) is 11.3 Å². The fourth-order valence-electron chi connectivity index (χ4n) is 3.38. The molecule has 140 valence electrons. The van der Waals surface area contributed by atoms with Crippen molar-refractivity contribution in [3.63, 3.8) is 0 Å². The van der Waals surface area contributed by atoms with Crippen molar-refractivity contribution in [3.05, 3.63) is 65.9 Å². The van der Waals surface area contributed by atoms with E-state index in [1.807, 2.05) is 28.9 Å². The maximum atomic E-state index is 4.78. The van der Waals surface area contributed by atoms with Crippen LogP contribution in [0.2, 0.25) is 0 Å². The first-order valence-electron chi connectivity index (χ1n) is 9.05. The number of para-hydroxylation sites is 1. The van der Waals surface area contributed by atoms with Gasteiger partial charge >= 0.3 is 0 Å². The molecule has 0 aliphatic carbocycles. The number of hydrogen-bond donors (Lipinski definition) is 2. The maximum absolute atomic E-state index is 4.78. The van der Waals surface area contributed by atoms with Crippen LogP contribution in [0.25, 0.3) is 44.3 Å². The molecule has 0 unspecified atom stereocenters. The van der Waals surface area contributed by atoms with Gasteiger partial charge in [0.2, 0.25) is 5.82 Å². The summed E-state index contributed by atoms with van der Waals surface area (Å²) >= 11 is 1.69. The Labute approximate surface area is 168 Å². The Hall–Kier alpha value is -3.85. The van der Waals surface area contributed by atoms with Gasteiger partial charge in [0.05, 0.1) is 33.7 Å². The first-order chi connectivity index (χ1) is 14.3. The number of hydrogen-bond acceptors (Lipinski definition) is 6. The van der Waals surface area contributed by atoms with Crippen LogP contribution >= 0.6 is 11.3 Å². The lowest BCUT2D eigenvalue weighted by Gasteiger charge is -2.06. The lowest BCUT2D eigenvalue weighted by molar-refractivity contribution is 0.680. The molecule has 9 heteroatoms. The Morgan fingerprint density at radius 2 is 2.00 bits per heavy atom. The molecule has 0 amide bonds. The van der Waals surface area contributed by atoms with E-state index in [-0.39, 0.29) is 0 Å². The quantitative estimate of drug-likeness (QED) is 0.469. The number of rotatable bonds is 4. The molecule has 6 aromatic rings. The minimum absolute atomic E-state index is 0.494. The largest absolute Gasteiger partial charge is 0.351 e. The minimum atomic E-state index is 0.494. The van der Waals surface area contributed by atoms with E-state index in [0.29, 0.717) is 18.2 Å². The number of benzene rings is 1. The number of nitrogens with zero attached hydrogens (tertiary/aromatic N) is 6. The second kappa shape index (κ2) is 6.35. The normalized spacial score (nSPS) is 11.6. The van der Waals surface area contributed by atoms with E-state index >= 15 is 0 Å². The number of H-pyrrole nitrogens is 2. The molecule has 0 aliphatic heterocycles. The number of nitrogens with one attached hydrogen (secondary N) is 2. The maximum Gasteiger partial charge on any atom is 0.219 e. The van der Waals surface area contributed by atoms with Crippen molar-refractivity contribution in [2.45, 2.75) is 6.54 Å². The molecular weight excluding hydrogens is 384 g/mol. The number of aromatic nitrogens is 8. The molecule has 2 N–H and O–H groups in total. The van der Waals surface area contributed by atoms with Crippen molar-refractivity contribution in [1.82, 2.24) is 39.9 Å². The summed E-state index contributed by atoms with van der Waals surface area (Å²) in [6.07, 6.45) is 1.45. The molecule has 0 saturated heterocycles. The fourth-order valence-corrected chi connectivity index (χ4v) is 4.17. The lowest BCUT2D eigenvalue weighted by Crippen LogP contribution is -2.06. The van der Waals surface area contributed by atoms with Gasteiger partial charge in [0, 0.05) is 5.39 Å². The van der Waals surface area contributed by atoms with E-state index in [2.05, 4.69) is 54.9 Å². The molecule has 0 fully saturated rings. The van der Waals surface area contributed by atoms with Crippen molar-refractivity contribution >= 4 is 32.5 Å². The van der Waals surface area contributed by atoms with Crippen molar-refractivity contribution in [3.8, 4) is 23.2 Å². The van der Waals surface area contributed by atoms with Crippen molar-refractivity contribution < 1.29 is 0 Å². The topological polar surface area (TPSA) is 101 Å².